The molecule has 0 bridgehead atoms. The van der Waals surface area contributed by atoms with E-state index in [0.29, 0.717) is 24.2 Å². The van der Waals surface area contributed by atoms with Crippen LogP contribution in [0.15, 0.2) is 62.5 Å². The third-order valence-corrected chi connectivity index (χ3v) is 8.83. The van der Waals surface area contributed by atoms with Crippen LogP contribution in [0.4, 0.5) is 32.0 Å². The molecule has 2 aromatic heterocycles. The van der Waals surface area contributed by atoms with Gasteiger partial charge in [-0.3, -0.25) is 23.6 Å². The molecule has 0 radical (unpaired) electrons. The predicted molar refractivity (Wildman–Crippen MR) is 175 cm³/mol. The van der Waals surface area contributed by atoms with Crippen molar-refractivity contribution in [1.29, 1.82) is 0 Å². The number of furan rings is 1. The van der Waals surface area contributed by atoms with E-state index in [-0.39, 0.29) is 62.7 Å². The number of aryl methyl sites for hydroxylation is 1. The summed E-state index contributed by atoms with van der Waals surface area (Å²) in [6, 6.07) is 8.76. The van der Waals surface area contributed by atoms with Crippen molar-refractivity contribution in [2.75, 3.05) is 37.6 Å². The summed E-state index contributed by atoms with van der Waals surface area (Å²) in [6.07, 6.45) is -4.58. The number of carbonyl (C=O) groups is 1. The number of rotatable bonds is 13. The van der Waals surface area contributed by atoms with Gasteiger partial charge >= 0.3 is 17.8 Å². The predicted octanol–water partition coefficient (Wildman–Crippen LogP) is 5.22. The molecule has 2 N–H and O–H groups in total. The fourth-order valence-corrected chi connectivity index (χ4v) is 6.26. The molecule has 2 aromatic carbocycles. The largest absolute Gasteiger partial charge is 0.481 e. The second-order valence-electron chi connectivity index (χ2n) is 12.5. The van der Waals surface area contributed by atoms with Gasteiger partial charge in [-0.15, -0.1) is 0 Å². The lowest BCUT2D eigenvalue weighted by molar-refractivity contribution is -0.153. The summed E-state index contributed by atoms with van der Waals surface area (Å²) >= 11 is 0. The van der Waals surface area contributed by atoms with Crippen LogP contribution in [-0.2, 0) is 30.6 Å². The third kappa shape index (κ3) is 8.92. The number of aliphatic carboxylic acids is 1. The van der Waals surface area contributed by atoms with Crippen LogP contribution in [0.5, 0.6) is 0 Å². The van der Waals surface area contributed by atoms with E-state index in [1.165, 1.54) is 31.2 Å². The van der Waals surface area contributed by atoms with Crippen molar-refractivity contribution in [3.63, 3.8) is 0 Å². The molecule has 5 rings (SSSR count). The fourth-order valence-electron chi connectivity index (χ4n) is 6.26. The SMILES string of the molecule is Cc1cc(F)cc([C@H](Cn2c(=O)c(N3CCN(Cc4ccc(C(F)(F)F)o4)CC3)c(C)n(Cc3c(F)cccc3F)c2=O)NCCCC(=O)O)c1. The second kappa shape index (κ2) is 15.6. The van der Waals surface area contributed by atoms with E-state index in [0.717, 1.165) is 27.3 Å². The summed E-state index contributed by atoms with van der Waals surface area (Å²) in [4.78, 5) is 43.1. The van der Waals surface area contributed by atoms with Crippen LogP contribution in [0.1, 0.15) is 52.8 Å². The molecule has 10 nitrogen and oxygen atoms in total. The minimum absolute atomic E-state index is 0.0848. The summed E-state index contributed by atoms with van der Waals surface area (Å²) in [6.45, 7) is 3.56. The quantitative estimate of drug-likeness (QED) is 0.143. The van der Waals surface area contributed by atoms with Gasteiger partial charge in [0, 0.05) is 43.9 Å². The number of hydrogen-bond acceptors (Lipinski definition) is 7. The zero-order valence-electron chi connectivity index (χ0n) is 27.9. The minimum Gasteiger partial charge on any atom is -0.481 e. The van der Waals surface area contributed by atoms with Crippen molar-refractivity contribution in [1.82, 2.24) is 19.4 Å². The van der Waals surface area contributed by atoms with Gasteiger partial charge in [0.2, 0.25) is 5.76 Å². The average molecular weight is 722 g/mol. The first-order chi connectivity index (χ1) is 24.1. The molecule has 0 saturated carbocycles. The van der Waals surface area contributed by atoms with Crippen LogP contribution in [0.3, 0.4) is 0 Å². The molecule has 1 fully saturated rings. The molecule has 0 spiro atoms. The smallest absolute Gasteiger partial charge is 0.449 e. The van der Waals surface area contributed by atoms with Crippen LogP contribution in [0.25, 0.3) is 0 Å². The molecule has 16 heteroatoms. The summed E-state index contributed by atoms with van der Waals surface area (Å²) < 4.78 is 90.4. The number of carboxylic acid groups (broad SMARTS) is 1. The molecule has 0 aliphatic carbocycles. The Kier molecular flexibility index (Phi) is 11.4. The van der Waals surface area contributed by atoms with Gasteiger partial charge in [-0.05, 0) is 74.3 Å². The highest BCUT2D eigenvalue weighted by Gasteiger charge is 2.35. The van der Waals surface area contributed by atoms with Gasteiger partial charge in [0.15, 0.2) is 0 Å². The first kappa shape index (κ1) is 37.4. The van der Waals surface area contributed by atoms with Gasteiger partial charge in [0.05, 0.1) is 25.7 Å². The number of halogens is 6. The summed E-state index contributed by atoms with van der Waals surface area (Å²) in [5.41, 5.74) is -0.788. The number of hydrogen-bond donors (Lipinski definition) is 2. The Morgan fingerprint density at radius 3 is 2.24 bits per heavy atom. The highest BCUT2D eigenvalue weighted by Crippen LogP contribution is 2.31. The van der Waals surface area contributed by atoms with Crippen molar-refractivity contribution in [2.45, 2.75) is 58.5 Å². The maximum Gasteiger partial charge on any atom is 0.449 e. The van der Waals surface area contributed by atoms with Crippen LogP contribution in [0, 0.1) is 31.3 Å². The highest BCUT2D eigenvalue weighted by molar-refractivity contribution is 5.66. The molecule has 0 unspecified atom stereocenters. The molecule has 1 saturated heterocycles. The van der Waals surface area contributed by atoms with Crippen molar-refractivity contribution in [3.8, 4) is 0 Å². The van der Waals surface area contributed by atoms with Crippen LogP contribution in [-0.4, -0.2) is 57.8 Å². The molecule has 1 aliphatic rings. The Labute approximate surface area is 288 Å². The topological polar surface area (TPSA) is 113 Å². The van der Waals surface area contributed by atoms with Gasteiger partial charge in [-0.1, -0.05) is 12.1 Å². The fraction of sp³-hybridized carbons (Fsp3) is 0.400. The molecule has 1 atom stereocenters. The number of benzene rings is 2. The van der Waals surface area contributed by atoms with E-state index in [2.05, 4.69) is 5.32 Å². The Hall–Kier alpha value is -4.83. The maximum absolute atomic E-state index is 14.9. The number of nitrogens with one attached hydrogen (secondary N) is 1. The van der Waals surface area contributed by atoms with Gasteiger partial charge < -0.3 is 19.7 Å². The van der Waals surface area contributed by atoms with E-state index < -0.39 is 64.8 Å². The number of anilines is 1. The number of nitrogens with zero attached hydrogens (tertiary/aromatic N) is 4. The van der Waals surface area contributed by atoms with Crippen molar-refractivity contribution >= 4 is 11.7 Å². The van der Waals surface area contributed by atoms with Crippen molar-refractivity contribution < 1.29 is 40.7 Å². The Morgan fingerprint density at radius 2 is 1.63 bits per heavy atom. The Balaban J connectivity index is 1.51. The number of aromatic nitrogens is 2. The Morgan fingerprint density at radius 1 is 0.941 bits per heavy atom. The average Bonchev–Trinajstić information content (AvgIpc) is 3.53. The van der Waals surface area contributed by atoms with E-state index in [1.807, 2.05) is 4.90 Å². The lowest BCUT2D eigenvalue weighted by atomic mass is 10.0. The van der Waals surface area contributed by atoms with Gasteiger partial charge in [-0.2, -0.15) is 13.2 Å². The lowest BCUT2D eigenvalue weighted by Crippen LogP contribution is -2.51. The molecule has 274 valence electrons. The first-order valence-electron chi connectivity index (χ1n) is 16.2. The van der Waals surface area contributed by atoms with Gasteiger partial charge in [0.25, 0.3) is 5.56 Å². The van der Waals surface area contributed by atoms with E-state index in [9.17, 15) is 40.7 Å². The van der Waals surface area contributed by atoms with Gasteiger partial charge in [0.1, 0.15) is 28.9 Å². The molecular formula is C35H37F6N5O5. The molecular weight excluding hydrogens is 684 g/mol. The molecule has 51 heavy (non-hydrogen) atoms. The summed E-state index contributed by atoms with van der Waals surface area (Å²) in [5.74, 6) is -4.36. The van der Waals surface area contributed by atoms with Crippen molar-refractivity contribution in [2.24, 2.45) is 0 Å². The lowest BCUT2D eigenvalue weighted by Gasteiger charge is -2.36. The standard InChI is InChI=1S/C35H37F6N5O5/c1-21-15-23(17-24(36)16-21)29(42-10-4-7-31(47)48)20-46-33(49)32(22(2)45(34(46)50)19-26-27(37)5-3-6-28(26)38)44-13-11-43(12-14-44)18-25-8-9-30(51-25)35(39,40)41/h3,5-6,8-9,15-17,29,42H,4,7,10-14,18-20H2,1-2H3,(H,47,48)/t29-/m0/s1. The van der Waals surface area contributed by atoms with E-state index in [1.54, 1.807) is 17.9 Å². The highest BCUT2D eigenvalue weighted by atomic mass is 19.4. The molecule has 4 aromatic rings. The summed E-state index contributed by atoms with van der Waals surface area (Å²) in [7, 11) is 0. The third-order valence-electron chi connectivity index (χ3n) is 8.83. The number of piperazine rings is 1. The van der Waals surface area contributed by atoms with Crippen LogP contribution < -0.4 is 21.5 Å². The second-order valence-corrected chi connectivity index (χ2v) is 12.5. The monoisotopic (exact) mass is 721 g/mol. The van der Waals surface area contributed by atoms with Crippen molar-refractivity contribution in [3.05, 3.63) is 121 Å². The number of carboxylic acids is 1. The minimum atomic E-state index is -4.62. The zero-order valence-corrected chi connectivity index (χ0v) is 27.9. The summed E-state index contributed by atoms with van der Waals surface area (Å²) in [5, 5.41) is 12.2. The molecule has 0 amide bonds. The number of alkyl halides is 3. The normalized spacial score (nSPS) is 14.6. The van der Waals surface area contributed by atoms with Gasteiger partial charge in [-0.25, -0.2) is 18.0 Å². The zero-order chi connectivity index (χ0) is 37.0. The first-order valence-corrected chi connectivity index (χ1v) is 16.2. The molecule has 1 aliphatic heterocycles. The Bertz CT molecular complexity index is 1960. The van der Waals surface area contributed by atoms with E-state index >= 15 is 0 Å². The van der Waals surface area contributed by atoms with E-state index in [4.69, 9.17) is 9.52 Å². The van der Waals surface area contributed by atoms with Crippen LogP contribution >= 0.6 is 0 Å². The maximum atomic E-state index is 14.9. The molecule has 3 heterocycles. The van der Waals surface area contributed by atoms with Crippen LogP contribution in [0.2, 0.25) is 0 Å².